The van der Waals surface area contributed by atoms with Gasteiger partial charge in [-0.25, -0.2) is 13.9 Å². The summed E-state index contributed by atoms with van der Waals surface area (Å²) in [6, 6.07) is 5.25. The molecular formula is C19H22F3N3O2S2. The number of aromatic nitrogens is 2. The van der Waals surface area contributed by atoms with Crippen LogP contribution >= 0.6 is 11.3 Å². The first kappa shape index (κ1) is 21.8. The van der Waals surface area contributed by atoms with Crippen molar-refractivity contribution in [1.82, 2.24) is 14.1 Å². The molecule has 0 unspecified atom stereocenters. The Kier molecular flexibility index (Phi) is 5.81. The number of rotatable bonds is 5. The number of alkyl halides is 3. The van der Waals surface area contributed by atoms with Crippen molar-refractivity contribution in [1.29, 1.82) is 0 Å². The summed E-state index contributed by atoms with van der Waals surface area (Å²) in [4.78, 5) is 4.98. The van der Waals surface area contributed by atoms with Crippen LogP contribution in [-0.2, 0) is 11.0 Å². The fourth-order valence-corrected chi connectivity index (χ4v) is 4.77. The minimum atomic E-state index is -4.59. The SMILES string of the molecule is COc1ccc(-c2cn3c(C)c([C@H](N[S@@](=O)C(C)(C)C)C(F)(F)F)sc3n2)cc1. The lowest BCUT2D eigenvalue weighted by atomic mass is 10.1. The molecule has 0 saturated carbocycles. The maximum atomic E-state index is 13.8. The predicted octanol–water partition coefficient (Wildman–Crippen LogP) is 5.04. The highest BCUT2D eigenvalue weighted by Gasteiger charge is 2.45. The summed E-state index contributed by atoms with van der Waals surface area (Å²) in [6.45, 7) is 6.48. The Morgan fingerprint density at radius 3 is 2.31 bits per heavy atom. The highest BCUT2D eigenvalue weighted by Crippen LogP contribution is 2.40. The molecule has 2 atom stereocenters. The Hall–Kier alpha value is -1.91. The van der Waals surface area contributed by atoms with Crippen LogP contribution in [0.3, 0.4) is 0 Å². The molecule has 158 valence electrons. The van der Waals surface area contributed by atoms with E-state index in [0.717, 1.165) is 16.9 Å². The number of methoxy groups -OCH3 is 1. The molecule has 0 fully saturated rings. The number of aryl methyl sites for hydroxylation is 1. The molecule has 0 aliphatic heterocycles. The Balaban J connectivity index is 1.99. The number of halogens is 3. The second-order valence-electron chi connectivity index (χ2n) is 7.53. The molecule has 2 heterocycles. The van der Waals surface area contributed by atoms with Gasteiger partial charge in [-0.05, 0) is 52.0 Å². The standard InChI is InChI=1S/C19H22F3N3O2S2/c1-11-15(16(19(20,21)22)24-29(26)18(2,3)4)28-17-23-14(10-25(11)17)12-6-8-13(27-5)9-7-12/h6-10,16,24H,1-5H3/t16-,29-/m0/s1. The van der Waals surface area contributed by atoms with Crippen LogP contribution in [0.2, 0.25) is 0 Å². The van der Waals surface area contributed by atoms with Crippen LogP contribution in [0.5, 0.6) is 5.75 Å². The van der Waals surface area contributed by atoms with E-state index in [1.807, 2.05) is 12.1 Å². The molecule has 5 nitrogen and oxygen atoms in total. The Bertz CT molecular complexity index is 1030. The van der Waals surface area contributed by atoms with E-state index in [-0.39, 0.29) is 4.88 Å². The number of thiazole rings is 1. The van der Waals surface area contributed by atoms with Gasteiger partial charge >= 0.3 is 6.18 Å². The summed E-state index contributed by atoms with van der Waals surface area (Å²) >= 11 is 0.945. The molecule has 0 spiro atoms. The van der Waals surface area contributed by atoms with Gasteiger partial charge in [0.25, 0.3) is 0 Å². The van der Waals surface area contributed by atoms with Crippen molar-refractivity contribution in [3.63, 3.8) is 0 Å². The minimum Gasteiger partial charge on any atom is -0.497 e. The zero-order valence-corrected chi connectivity index (χ0v) is 18.3. The molecule has 0 aliphatic carbocycles. The van der Waals surface area contributed by atoms with Crippen molar-refractivity contribution < 1.29 is 22.1 Å². The van der Waals surface area contributed by atoms with Crippen molar-refractivity contribution in [3.8, 4) is 17.0 Å². The summed E-state index contributed by atoms with van der Waals surface area (Å²) < 4.78 is 61.8. The first-order valence-corrected chi connectivity index (χ1v) is 10.8. The zero-order valence-electron chi connectivity index (χ0n) is 16.6. The van der Waals surface area contributed by atoms with Crippen LogP contribution in [0.1, 0.15) is 37.4 Å². The van der Waals surface area contributed by atoms with E-state index < -0.39 is 28.0 Å². The number of fused-ring (bicyclic) bond motifs is 1. The number of hydrogen-bond donors (Lipinski definition) is 1. The van der Waals surface area contributed by atoms with Crippen LogP contribution < -0.4 is 9.46 Å². The van der Waals surface area contributed by atoms with Gasteiger partial charge in [0.2, 0.25) is 0 Å². The van der Waals surface area contributed by atoms with Crippen molar-refractivity contribution in [3.05, 3.63) is 41.0 Å². The fraction of sp³-hybridized carbons (Fsp3) is 0.421. The van der Waals surface area contributed by atoms with Crippen molar-refractivity contribution in [2.45, 2.75) is 44.7 Å². The monoisotopic (exact) mass is 445 g/mol. The molecule has 1 N–H and O–H groups in total. The third kappa shape index (κ3) is 4.49. The Morgan fingerprint density at radius 1 is 1.21 bits per heavy atom. The normalized spacial score (nSPS) is 14.9. The topological polar surface area (TPSA) is 55.6 Å². The highest BCUT2D eigenvalue weighted by atomic mass is 32.2. The second kappa shape index (κ2) is 7.73. The quantitative estimate of drug-likeness (QED) is 0.599. The number of benzene rings is 1. The average molecular weight is 446 g/mol. The summed E-state index contributed by atoms with van der Waals surface area (Å²) in [7, 11) is -0.301. The molecule has 0 radical (unpaired) electrons. The third-order valence-electron chi connectivity index (χ3n) is 4.35. The van der Waals surface area contributed by atoms with Crippen molar-refractivity contribution in [2.24, 2.45) is 0 Å². The van der Waals surface area contributed by atoms with Crippen molar-refractivity contribution >= 4 is 27.3 Å². The van der Waals surface area contributed by atoms with Gasteiger partial charge in [-0.3, -0.25) is 4.40 Å². The lowest BCUT2D eigenvalue weighted by molar-refractivity contribution is -0.152. The number of imidazole rings is 1. The van der Waals surface area contributed by atoms with Gasteiger partial charge in [0.1, 0.15) is 5.75 Å². The van der Waals surface area contributed by atoms with Gasteiger partial charge in [-0.2, -0.15) is 13.2 Å². The summed E-state index contributed by atoms with van der Waals surface area (Å²) in [5, 5.41) is 0. The third-order valence-corrected chi connectivity index (χ3v) is 7.13. The summed E-state index contributed by atoms with van der Waals surface area (Å²) in [6.07, 6.45) is -2.88. The fourth-order valence-electron chi connectivity index (χ4n) is 2.69. The molecule has 10 heteroatoms. The molecule has 0 saturated heterocycles. The van der Waals surface area contributed by atoms with E-state index in [1.165, 1.54) is 0 Å². The highest BCUT2D eigenvalue weighted by molar-refractivity contribution is 7.84. The van der Waals surface area contributed by atoms with E-state index in [4.69, 9.17) is 4.74 Å². The summed E-state index contributed by atoms with van der Waals surface area (Å²) in [5.74, 6) is 0.708. The maximum absolute atomic E-state index is 13.8. The van der Waals surface area contributed by atoms with E-state index in [9.17, 15) is 17.4 Å². The van der Waals surface area contributed by atoms with Crippen LogP contribution in [0.15, 0.2) is 30.5 Å². The van der Waals surface area contributed by atoms with Gasteiger partial charge < -0.3 is 4.74 Å². The van der Waals surface area contributed by atoms with Gasteiger partial charge in [0.05, 0.1) is 33.4 Å². The first-order chi connectivity index (χ1) is 13.4. The number of hydrogen-bond acceptors (Lipinski definition) is 4. The molecule has 3 aromatic rings. The average Bonchev–Trinajstić information content (AvgIpc) is 3.17. The van der Waals surface area contributed by atoms with E-state index in [0.29, 0.717) is 22.1 Å². The van der Waals surface area contributed by atoms with Crippen molar-refractivity contribution in [2.75, 3.05) is 7.11 Å². The molecule has 0 bridgehead atoms. The van der Waals surface area contributed by atoms with Gasteiger partial charge in [0, 0.05) is 17.5 Å². The van der Waals surface area contributed by atoms with E-state index in [2.05, 4.69) is 9.71 Å². The van der Waals surface area contributed by atoms with Crippen LogP contribution in [0.25, 0.3) is 16.2 Å². The van der Waals surface area contributed by atoms with Crippen LogP contribution in [0, 0.1) is 6.92 Å². The lowest BCUT2D eigenvalue weighted by Crippen LogP contribution is -2.41. The first-order valence-electron chi connectivity index (χ1n) is 8.79. The minimum absolute atomic E-state index is 0.0545. The zero-order chi connectivity index (χ0) is 21.6. The van der Waals surface area contributed by atoms with Crippen LogP contribution in [0.4, 0.5) is 13.2 Å². The number of ether oxygens (including phenoxy) is 1. The maximum Gasteiger partial charge on any atom is 0.409 e. The molecule has 3 rings (SSSR count). The van der Waals surface area contributed by atoms with E-state index in [1.54, 1.807) is 57.5 Å². The second-order valence-corrected chi connectivity index (χ2v) is 10.5. The molecular weight excluding hydrogens is 423 g/mol. The Labute approximate surface area is 173 Å². The molecule has 1 aromatic carbocycles. The van der Waals surface area contributed by atoms with Gasteiger partial charge in [0.15, 0.2) is 11.0 Å². The number of nitrogens with zero attached hydrogens (tertiary/aromatic N) is 2. The smallest absolute Gasteiger partial charge is 0.409 e. The lowest BCUT2D eigenvalue weighted by Gasteiger charge is -2.25. The largest absolute Gasteiger partial charge is 0.497 e. The molecule has 0 aliphatic rings. The molecule has 29 heavy (non-hydrogen) atoms. The molecule has 2 aromatic heterocycles. The number of nitrogens with one attached hydrogen (secondary N) is 1. The summed E-state index contributed by atoms with van der Waals surface area (Å²) in [5.41, 5.74) is 1.91. The molecule has 0 amide bonds. The van der Waals surface area contributed by atoms with E-state index >= 15 is 0 Å². The van der Waals surface area contributed by atoms with Crippen LogP contribution in [-0.4, -0.2) is 31.6 Å². The van der Waals surface area contributed by atoms with Gasteiger partial charge in [-0.15, -0.1) is 0 Å². The van der Waals surface area contributed by atoms with Gasteiger partial charge in [-0.1, -0.05) is 11.3 Å². The predicted molar refractivity (Wildman–Crippen MR) is 110 cm³/mol. The Morgan fingerprint density at radius 2 is 1.83 bits per heavy atom.